The minimum absolute atomic E-state index is 0.325. The molecule has 0 spiro atoms. The second kappa shape index (κ2) is 3.42. The van der Waals surface area contributed by atoms with Crippen molar-refractivity contribution in [3.8, 4) is 0 Å². The topological polar surface area (TPSA) is 99.1 Å². The van der Waals surface area contributed by atoms with Crippen LogP contribution < -0.4 is 5.73 Å². The van der Waals surface area contributed by atoms with Crippen LogP contribution in [0.3, 0.4) is 0 Å². The Morgan fingerprint density at radius 1 is 1.47 bits per heavy atom. The zero-order chi connectivity index (χ0) is 12.0. The molecule has 1 aliphatic heterocycles. The van der Waals surface area contributed by atoms with Crippen molar-refractivity contribution in [2.45, 2.75) is 18.8 Å². The van der Waals surface area contributed by atoms with E-state index in [2.05, 4.69) is 21.5 Å². The van der Waals surface area contributed by atoms with Gasteiger partial charge in [-0.3, -0.25) is 4.57 Å². The number of aliphatic hydroxyl groups excluding tert-OH is 1. The van der Waals surface area contributed by atoms with Gasteiger partial charge in [-0.1, -0.05) is 6.58 Å². The molecule has 1 saturated heterocycles. The first kappa shape index (κ1) is 10.0. The normalized spacial score (nSPS) is 24.2. The molecule has 3 N–H and O–H groups in total. The molecule has 3 rings (SSSR count). The van der Waals surface area contributed by atoms with Crippen molar-refractivity contribution >= 4 is 17.0 Å². The molecular weight excluding hydrogens is 222 g/mol. The third-order valence-electron chi connectivity index (χ3n) is 2.78. The highest BCUT2D eigenvalue weighted by Gasteiger charge is 2.30. The van der Waals surface area contributed by atoms with Crippen molar-refractivity contribution in [1.82, 2.24) is 19.5 Å². The number of hydrogen-bond donors (Lipinski definition) is 2. The van der Waals surface area contributed by atoms with Crippen molar-refractivity contribution in [2.24, 2.45) is 0 Å². The summed E-state index contributed by atoms with van der Waals surface area (Å²) in [5, 5.41) is 9.58. The molecule has 0 aromatic carbocycles. The SMILES string of the molecule is C=C1O[C@@H](n2cnc3c(N)ncnc32)C[C@H]1O. The Balaban J connectivity index is 2.07. The monoisotopic (exact) mass is 233 g/mol. The number of nitrogen functional groups attached to an aromatic ring is 1. The molecule has 88 valence electrons. The molecular formula is C10H11N5O2. The Hall–Kier alpha value is -2.15. The van der Waals surface area contributed by atoms with E-state index in [0.717, 1.165) is 0 Å². The average Bonchev–Trinajstić information content (AvgIpc) is 2.85. The number of anilines is 1. The van der Waals surface area contributed by atoms with E-state index in [0.29, 0.717) is 29.2 Å². The fourth-order valence-electron chi connectivity index (χ4n) is 1.87. The average molecular weight is 233 g/mol. The molecule has 3 heterocycles. The standard InChI is InChI=1S/C10H11N5O2/c1-5-6(16)2-7(17-5)15-4-14-8-9(11)12-3-13-10(8)15/h3-4,6-7,16H,1-2H2,(H2,11,12,13)/t6-,7-/m1/s1. The van der Waals surface area contributed by atoms with Crippen LogP contribution in [-0.2, 0) is 4.74 Å². The van der Waals surface area contributed by atoms with Crippen LogP contribution in [-0.4, -0.2) is 30.7 Å². The number of fused-ring (bicyclic) bond motifs is 1. The van der Waals surface area contributed by atoms with Crippen LogP contribution in [0.5, 0.6) is 0 Å². The van der Waals surface area contributed by atoms with E-state index in [1.807, 2.05) is 0 Å². The number of aromatic nitrogens is 4. The molecule has 7 nitrogen and oxygen atoms in total. The highest BCUT2D eigenvalue weighted by atomic mass is 16.5. The highest BCUT2D eigenvalue weighted by molar-refractivity contribution is 5.81. The van der Waals surface area contributed by atoms with Crippen LogP contribution in [0.25, 0.3) is 11.2 Å². The molecule has 2 aromatic rings. The van der Waals surface area contributed by atoms with Crippen LogP contribution in [0.15, 0.2) is 25.0 Å². The van der Waals surface area contributed by atoms with Crippen LogP contribution in [0, 0.1) is 0 Å². The molecule has 0 radical (unpaired) electrons. The first-order chi connectivity index (χ1) is 8.16. The van der Waals surface area contributed by atoms with E-state index >= 15 is 0 Å². The lowest BCUT2D eigenvalue weighted by Crippen LogP contribution is -2.08. The fraction of sp³-hybridized carbons (Fsp3) is 0.300. The maximum Gasteiger partial charge on any atom is 0.181 e. The van der Waals surface area contributed by atoms with Crippen LogP contribution in [0.1, 0.15) is 12.6 Å². The summed E-state index contributed by atoms with van der Waals surface area (Å²) in [6.07, 6.45) is 2.36. The lowest BCUT2D eigenvalue weighted by molar-refractivity contribution is 0.101. The van der Waals surface area contributed by atoms with Gasteiger partial charge in [0, 0.05) is 6.42 Å². The minimum atomic E-state index is -0.656. The molecule has 2 atom stereocenters. The van der Waals surface area contributed by atoms with Crippen molar-refractivity contribution in [3.05, 3.63) is 25.0 Å². The van der Waals surface area contributed by atoms with Gasteiger partial charge < -0.3 is 15.6 Å². The summed E-state index contributed by atoms with van der Waals surface area (Å²) >= 11 is 0. The third-order valence-corrected chi connectivity index (χ3v) is 2.78. The first-order valence-electron chi connectivity index (χ1n) is 5.13. The first-order valence-corrected chi connectivity index (χ1v) is 5.13. The Labute approximate surface area is 96.6 Å². The molecule has 0 bridgehead atoms. The summed E-state index contributed by atoms with van der Waals surface area (Å²) in [7, 11) is 0. The quantitative estimate of drug-likeness (QED) is 0.730. The molecule has 17 heavy (non-hydrogen) atoms. The lowest BCUT2D eigenvalue weighted by Gasteiger charge is -2.11. The molecule has 0 aliphatic carbocycles. The van der Waals surface area contributed by atoms with Gasteiger partial charge >= 0.3 is 0 Å². The van der Waals surface area contributed by atoms with Crippen molar-refractivity contribution in [3.63, 3.8) is 0 Å². The fourth-order valence-corrected chi connectivity index (χ4v) is 1.87. The molecule has 0 saturated carbocycles. The Morgan fingerprint density at radius 3 is 3.00 bits per heavy atom. The zero-order valence-corrected chi connectivity index (χ0v) is 8.95. The largest absolute Gasteiger partial charge is 0.472 e. The van der Waals surface area contributed by atoms with Crippen molar-refractivity contribution in [1.29, 1.82) is 0 Å². The number of ether oxygens (including phenoxy) is 1. The summed E-state index contributed by atoms with van der Waals surface area (Å²) < 4.78 is 7.16. The van der Waals surface area contributed by atoms with Gasteiger partial charge in [-0.25, -0.2) is 15.0 Å². The number of imidazole rings is 1. The number of nitrogens with two attached hydrogens (primary N) is 1. The van der Waals surface area contributed by atoms with Crippen LogP contribution in [0.4, 0.5) is 5.82 Å². The summed E-state index contributed by atoms with van der Waals surface area (Å²) in [6, 6.07) is 0. The second-order valence-electron chi connectivity index (χ2n) is 3.87. The van der Waals surface area contributed by atoms with Crippen LogP contribution >= 0.6 is 0 Å². The third kappa shape index (κ3) is 1.43. The van der Waals surface area contributed by atoms with Gasteiger partial charge in [0.05, 0.1) is 0 Å². The maximum atomic E-state index is 9.58. The van der Waals surface area contributed by atoms with Gasteiger partial charge in [-0.05, 0) is 0 Å². The Morgan fingerprint density at radius 2 is 2.29 bits per heavy atom. The number of aliphatic hydroxyl groups is 1. The van der Waals surface area contributed by atoms with Gasteiger partial charge in [0.15, 0.2) is 17.7 Å². The highest BCUT2D eigenvalue weighted by Crippen LogP contribution is 2.32. The Kier molecular flexibility index (Phi) is 2.02. The maximum absolute atomic E-state index is 9.58. The van der Waals surface area contributed by atoms with Gasteiger partial charge in [-0.15, -0.1) is 0 Å². The van der Waals surface area contributed by atoms with E-state index in [1.54, 1.807) is 10.9 Å². The van der Waals surface area contributed by atoms with E-state index in [4.69, 9.17) is 10.5 Å². The van der Waals surface area contributed by atoms with Gasteiger partial charge in [-0.2, -0.15) is 0 Å². The number of rotatable bonds is 1. The predicted octanol–water partition coefficient (Wildman–Crippen LogP) is 0.202. The smallest absolute Gasteiger partial charge is 0.181 e. The van der Waals surface area contributed by atoms with E-state index in [1.165, 1.54) is 6.33 Å². The van der Waals surface area contributed by atoms with Crippen molar-refractivity contribution in [2.75, 3.05) is 5.73 Å². The van der Waals surface area contributed by atoms with Crippen molar-refractivity contribution < 1.29 is 9.84 Å². The Bertz CT molecular complexity index is 593. The summed E-state index contributed by atoms with van der Waals surface area (Å²) in [5.74, 6) is 0.685. The minimum Gasteiger partial charge on any atom is -0.472 e. The predicted molar refractivity (Wildman–Crippen MR) is 59.6 cm³/mol. The van der Waals surface area contributed by atoms with E-state index in [-0.39, 0.29) is 6.23 Å². The lowest BCUT2D eigenvalue weighted by atomic mass is 10.2. The van der Waals surface area contributed by atoms with E-state index < -0.39 is 6.10 Å². The molecule has 2 aromatic heterocycles. The molecule has 0 amide bonds. The van der Waals surface area contributed by atoms with E-state index in [9.17, 15) is 5.11 Å². The van der Waals surface area contributed by atoms with Crippen LogP contribution in [0.2, 0.25) is 0 Å². The molecule has 7 heteroatoms. The summed E-state index contributed by atoms with van der Waals surface area (Å²) in [5.41, 5.74) is 6.81. The molecule has 1 aliphatic rings. The second-order valence-corrected chi connectivity index (χ2v) is 3.87. The number of nitrogens with zero attached hydrogens (tertiary/aromatic N) is 4. The summed E-state index contributed by atoms with van der Waals surface area (Å²) in [4.78, 5) is 12.1. The summed E-state index contributed by atoms with van der Waals surface area (Å²) in [6.45, 7) is 3.63. The number of hydrogen-bond acceptors (Lipinski definition) is 6. The molecule has 1 fully saturated rings. The van der Waals surface area contributed by atoms with Gasteiger partial charge in [0.1, 0.15) is 30.0 Å². The molecule has 0 unspecified atom stereocenters. The van der Waals surface area contributed by atoms with Gasteiger partial charge in [0.2, 0.25) is 0 Å². The van der Waals surface area contributed by atoms with Gasteiger partial charge in [0.25, 0.3) is 0 Å². The zero-order valence-electron chi connectivity index (χ0n) is 8.95.